The highest BCUT2D eigenvalue weighted by molar-refractivity contribution is 6.31. The lowest BCUT2D eigenvalue weighted by Crippen LogP contribution is -2.12. The lowest BCUT2D eigenvalue weighted by Gasteiger charge is -2.13. The summed E-state index contributed by atoms with van der Waals surface area (Å²) in [5.41, 5.74) is 0.403. The number of carbonyl (C=O) groups is 1. The third-order valence-corrected chi connectivity index (χ3v) is 2.32. The molecular formula is C11H11ClO3. The van der Waals surface area contributed by atoms with Crippen LogP contribution < -0.4 is 0 Å². The SMILES string of the molecule is C=C(C(=O)OC)[C@@H](O)c1ccccc1Cl. The van der Waals surface area contributed by atoms with Crippen LogP contribution in [0.1, 0.15) is 11.7 Å². The highest BCUT2D eigenvalue weighted by Crippen LogP contribution is 2.27. The zero-order valence-corrected chi connectivity index (χ0v) is 8.99. The molecule has 4 heteroatoms. The van der Waals surface area contributed by atoms with E-state index in [2.05, 4.69) is 11.3 Å². The number of benzene rings is 1. The Morgan fingerprint density at radius 2 is 2.13 bits per heavy atom. The van der Waals surface area contributed by atoms with E-state index in [0.29, 0.717) is 10.6 Å². The molecule has 0 fully saturated rings. The average molecular weight is 227 g/mol. The maximum absolute atomic E-state index is 11.1. The Labute approximate surface area is 92.9 Å². The van der Waals surface area contributed by atoms with E-state index in [1.807, 2.05) is 0 Å². The summed E-state index contributed by atoms with van der Waals surface area (Å²) in [5.74, 6) is -0.651. The van der Waals surface area contributed by atoms with Gasteiger partial charge in [-0.1, -0.05) is 36.4 Å². The largest absolute Gasteiger partial charge is 0.466 e. The van der Waals surface area contributed by atoms with Crippen molar-refractivity contribution in [3.05, 3.63) is 47.0 Å². The van der Waals surface area contributed by atoms with Crippen LogP contribution in [0, 0.1) is 0 Å². The summed E-state index contributed by atoms with van der Waals surface area (Å²) in [6.07, 6.45) is -1.13. The predicted octanol–water partition coefficient (Wildman–Crippen LogP) is 2.10. The van der Waals surface area contributed by atoms with Crippen molar-refractivity contribution in [1.29, 1.82) is 0 Å². The van der Waals surface area contributed by atoms with E-state index in [4.69, 9.17) is 11.6 Å². The van der Waals surface area contributed by atoms with Crippen LogP contribution in [0.15, 0.2) is 36.4 Å². The van der Waals surface area contributed by atoms with Gasteiger partial charge in [-0.3, -0.25) is 0 Å². The number of rotatable bonds is 3. The number of hydrogen-bond donors (Lipinski definition) is 1. The van der Waals surface area contributed by atoms with Gasteiger partial charge < -0.3 is 9.84 Å². The first-order valence-corrected chi connectivity index (χ1v) is 4.65. The standard InChI is InChI=1S/C11H11ClO3/c1-7(11(14)15-2)10(13)8-5-3-4-6-9(8)12/h3-6,10,13H,1H2,2H3/t10-/m1/s1. The minimum absolute atomic E-state index is 0.0365. The number of methoxy groups -OCH3 is 1. The third-order valence-electron chi connectivity index (χ3n) is 1.98. The monoisotopic (exact) mass is 226 g/mol. The Bertz CT molecular complexity index is 387. The summed E-state index contributed by atoms with van der Waals surface area (Å²) in [4.78, 5) is 11.1. The van der Waals surface area contributed by atoms with Gasteiger partial charge in [0.25, 0.3) is 0 Å². The Morgan fingerprint density at radius 3 is 2.67 bits per heavy atom. The number of aliphatic hydroxyl groups excluding tert-OH is 1. The van der Waals surface area contributed by atoms with Gasteiger partial charge in [0.1, 0.15) is 6.10 Å². The van der Waals surface area contributed by atoms with Gasteiger partial charge in [-0.25, -0.2) is 4.79 Å². The molecule has 0 spiro atoms. The number of ether oxygens (including phenoxy) is 1. The molecule has 0 aromatic heterocycles. The second kappa shape index (κ2) is 4.96. The van der Waals surface area contributed by atoms with Gasteiger partial charge in [0.2, 0.25) is 0 Å². The first kappa shape index (κ1) is 11.8. The van der Waals surface area contributed by atoms with Crippen LogP contribution in [0.25, 0.3) is 0 Å². The first-order chi connectivity index (χ1) is 7.07. The molecule has 3 nitrogen and oxygen atoms in total. The zero-order chi connectivity index (χ0) is 11.4. The van der Waals surface area contributed by atoms with E-state index in [1.54, 1.807) is 24.3 Å². The summed E-state index contributed by atoms with van der Waals surface area (Å²) >= 11 is 5.86. The van der Waals surface area contributed by atoms with Gasteiger partial charge in [0, 0.05) is 10.6 Å². The molecule has 15 heavy (non-hydrogen) atoms. The molecule has 1 rings (SSSR count). The number of carbonyl (C=O) groups excluding carboxylic acids is 1. The molecule has 1 aromatic rings. The van der Waals surface area contributed by atoms with Crippen molar-refractivity contribution in [3.8, 4) is 0 Å². The molecule has 80 valence electrons. The van der Waals surface area contributed by atoms with Crippen LogP contribution in [0.2, 0.25) is 5.02 Å². The quantitative estimate of drug-likeness (QED) is 0.634. The average Bonchev–Trinajstić information content (AvgIpc) is 2.26. The van der Waals surface area contributed by atoms with Crippen LogP contribution in [0.3, 0.4) is 0 Å². The van der Waals surface area contributed by atoms with E-state index in [-0.39, 0.29) is 5.57 Å². The second-order valence-electron chi connectivity index (χ2n) is 2.94. The van der Waals surface area contributed by atoms with Gasteiger partial charge in [0.15, 0.2) is 0 Å². The molecule has 0 bridgehead atoms. The number of aliphatic hydroxyl groups is 1. The van der Waals surface area contributed by atoms with Gasteiger partial charge in [-0.05, 0) is 6.07 Å². The highest BCUT2D eigenvalue weighted by Gasteiger charge is 2.20. The fourth-order valence-electron chi connectivity index (χ4n) is 1.13. The molecule has 0 saturated carbocycles. The lowest BCUT2D eigenvalue weighted by molar-refractivity contribution is -0.137. The molecule has 0 aliphatic carbocycles. The van der Waals surface area contributed by atoms with E-state index < -0.39 is 12.1 Å². The minimum Gasteiger partial charge on any atom is -0.466 e. The van der Waals surface area contributed by atoms with Crippen molar-refractivity contribution in [3.63, 3.8) is 0 Å². The Morgan fingerprint density at radius 1 is 1.53 bits per heavy atom. The van der Waals surface area contributed by atoms with Gasteiger partial charge in [-0.2, -0.15) is 0 Å². The van der Waals surface area contributed by atoms with Crippen LogP contribution in [-0.2, 0) is 9.53 Å². The summed E-state index contributed by atoms with van der Waals surface area (Å²) in [6.45, 7) is 3.46. The van der Waals surface area contributed by atoms with E-state index >= 15 is 0 Å². The minimum atomic E-state index is -1.13. The molecule has 0 amide bonds. The Kier molecular flexibility index (Phi) is 3.88. The fraction of sp³-hybridized carbons (Fsp3) is 0.182. The topological polar surface area (TPSA) is 46.5 Å². The molecular weight excluding hydrogens is 216 g/mol. The van der Waals surface area contributed by atoms with Crippen LogP contribution in [0.5, 0.6) is 0 Å². The molecule has 0 heterocycles. The number of halogens is 1. The van der Waals surface area contributed by atoms with E-state index in [1.165, 1.54) is 7.11 Å². The normalized spacial score (nSPS) is 11.9. The molecule has 1 atom stereocenters. The Balaban J connectivity index is 2.95. The molecule has 0 aliphatic heterocycles. The summed E-state index contributed by atoms with van der Waals surface area (Å²) < 4.78 is 4.45. The van der Waals surface area contributed by atoms with Gasteiger partial charge in [-0.15, -0.1) is 0 Å². The van der Waals surface area contributed by atoms with Crippen molar-refractivity contribution in [2.75, 3.05) is 7.11 Å². The molecule has 0 aliphatic rings. The molecule has 1 aromatic carbocycles. The van der Waals surface area contributed by atoms with Gasteiger partial charge in [0.05, 0.1) is 12.7 Å². The van der Waals surface area contributed by atoms with Crippen LogP contribution >= 0.6 is 11.6 Å². The van der Waals surface area contributed by atoms with Crippen LogP contribution in [-0.4, -0.2) is 18.2 Å². The van der Waals surface area contributed by atoms with Crippen LogP contribution in [0.4, 0.5) is 0 Å². The fourth-order valence-corrected chi connectivity index (χ4v) is 1.37. The second-order valence-corrected chi connectivity index (χ2v) is 3.35. The molecule has 0 radical (unpaired) electrons. The molecule has 0 saturated heterocycles. The highest BCUT2D eigenvalue weighted by atomic mass is 35.5. The summed E-state index contributed by atoms with van der Waals surface area (Å²) in [6, 6.07) is 6.71. The first-order valence-electron chi connectivity index (χ1n) is 4.27. The van der Waals surface area contributed by atoms with Crippen molar-refractivity contribution in [2.24, 2.45) is 0 Å². The smallest absolute Gasteiger partial charge is 0.336 e. The Hall–Kier alpha value is -1.32. The van der Waals surface area contributed by atoms with E-state index in [9.17, 15) is 9.90 Å². The lowest BCUT2D eigenvalue weighted by atomic mass is 10.0. The maximum atomic E-state index is 11.1. The van der Waals surface area contributed by atoms with Crippen molar-refractivity contribution in [1.82, 2.24) is 0 Å². The van der Waals surface area contributed by atoms with Crippen molar-refractivity contribution < 1.29 is 14.6 Å². The van der Waals surface area contributed by atoms with Crippen molar-refractivity contribution >= 4 is 17.6 Å². The van der Waals surface area contributed by atoms with Crippen molar-refractivity contribution in [2.45, 2.75) is 6.10 Å². The summed E-state index contributed by atoms with van der Waals surface area (Å²) in [5, 5.41) is 10.2. The number of hydrogen-bond acceptors (Lipinski definition) is 3. The number of esters is 1. The molecule has 1 N–H and O–H groups in total. The summed E-state index contributed by atoms with van der Waals surface area (Å²) in [7, 11) is 1.23. The maximum Gasteiger partial charge on any atom is 0.336 e. The third kappa shape index (κ3) is 2.58. The molecule has 0 unspecified atom stereocenters. The van der Waals surface area contributed by atoms with E-state index in [0.717, 1.165) is 0 Å². The zero-order valence-electron chi connectivity index (χ0n) is 8.24. The predicted molar refractivity (Wildman–Crippen MR) is 57.6 cm³/mol. The van der Waals surface area contributed by atoms with Gasteiger partial charge >= 0.3 is 5.97 Å².